The topological polar surface area (TPSA) is 52.6 Å². The Morgan fingerprint density at radius 1 is 1.04 bits per heavy atom. The Kier molecular flexibility index (Phi) is 5.48. The summed E-state index contributed by atoms with van der Waals surface area (Å²) >= 11 is 0. The minimum atomic E-state index is 0.178. The van der Waals surface area contributed by atoms with Crippen molar-refractivity contribution in [1.29, 1.82) is 0 Å². The highest BCUT2D eigenvalue weighted by Gasteiger charge is 2.36. The number of carbonyl (C=O) groups excluding carboxylic acids is 1. The average Bonchev–Trinajstić information content (AvgIpc) is 3.11. The summed E-state index contributed by atoms with van der Waals surface area (Å²) in [5, 5.41) is 0. The largest absolute Gasteiger partial charge is 0.374 e. The lowest BCUT2D eigenvalue weighted by molar-refractivity contribution is -0.124. The van der Waals surface area contributed by atoms with Crippen LogP contribution in [0.1, 0.15) is 32.1 Å². The number of nitrogens with zero attached hydrogens (tertiary/aromatic N) is 5. The van der Waals surface area contributed by atoms with Crippen molar-refractivity contribution in [2.24, 2.45) is 5.92 Å². The smallest absolute Gasteiger partial charge is 0.225 e. The van der Waals surface area contributed by atoms with Gasteiger partial charge in [-0.05, 0) is 44.5 Å². The molecule has 1 saturated heterocycles. The summed E-state index contributed by atoms with van der Waals surface area (Å²) in [6, 6.07) is 2.31. The van der Waals surface area contributed by atoms with E-state index in [4.69, 9.17) is 0 Å². The van der Waals surface area contributed by atoms with E-state index in [0.717, 1.165) is 58.1 Å². The van der Waals surface area contributed by atoms with Gasteiger partial charge in [-0.1, -0.05) is 6.08 Å². The molecule has 3 aliphatic rings. The second kappa shape index (κ2) is 8.16. The van der Waals surface area contributed by atoms with Gasteiger partial charge in [0.25, 0.3) is 0 Å². The normalized spacial score (nSPS) is 26.4. The van der Waals surface area contributed by atoms with Crippen molar-refractivity contribution in [3.63, 3.8) is 0 Å². The molecule has 1 aliphatic carbocycles. The number of Topliss-reactive ketones (excluding diaryl/α,β-unsaturated/α-hetero) is 1. The van der Waals surface area contributed by atoms with Gasteiger partial charge in [0.2, 0.25) is 5.95 Å². The van der Waals surface area contributed by atoms with Gasteiger partial charge in [0.1, 0.15) is 5.78 Å². The highest BCUT2D eigenvalue weighted by Crippen LogP contribution is 2.32. The minimum Gasteiger partial charge on any atom is -0.374 e. The fraction of sp³-hybridized carbons (Fsp3) is 0.650. The number of hydrogen-bond donors (Lipinski definition) is 0. The third-order valence-electron chi connectivity index (χ3n) is 5.97. The molecule has 140 valence electrons. The summed E-state index contributed by atoms with van der Waals surface area (Å²) < 4.78 is 0. The number of ketones is 1. The van der Waals surface area contributed by atoms with Crippen LogP contribution in [0.2, 0.25) is 0 Å². The first-order chi connectivity index (χ1) is 12.8. The molecule has 4 rings (SSSR count). The summed E-state index contributed by atoms with van der Waals surface area (Å²) in [6.45, 7) is 6.43. The Morgan fingerprint density at radius 2 is 1.81 bits per heavy atom. The molecule has 0 N–H and O–H groups in total. The molecular weight excluding hydrogens is 326 g/mol. The maximum atomic E-state index is 12.0. The van der Waals surface area contributed by atoms with Gasteiger partial charge in [0.15, 0.2) is 0 Å². The van der Waals surface area contributed by atoms with Crippen LogP contribution in [0.5, 0.6) is 0 Å². The molecular formula is C20H29N5O. The van der Waals surface area contributed by atoms with E-state index in [2.05, 4.69) is 36.9 Å². The summed E-state index contributed by atoms with van der Waals surface area (Å²) in [5.41, 5.74) is 0. The zero-order chi connectivity index (χ0) is 17.8. The molecule has 1 saturated carbocycles. The maximum Gasteiger partial charge on any atom is 0.225 e. The predicted molar refractivity (Wildman–Crippen MR) is 102 cm³/mol. The van der Waals surface area contributed by atoms with Gasteiger partial charge >= 0.3 is 0 Å². The second-order valence-electron chi connectivity index (χ2n) is 7.62. The molecule has 0 bridgehead atoms. The Labute approximate surface area is 155 Å². The van der Waals surface area contributed by atoms with E-state index in [9.17, 15) is 4.79 Å². The lowest BCUT2D eigenvalue weighted by atomic mass is 9.84. The molecule has 2 fully saturated rings. The summed E-state index contributed by atoms with van der Waals surface area (Å²) in [4.78, 5) is 27.9. The average molecular weight is 355 g/mol. The van der Waals surface area contributed by atoms with Crippen molar-refractivity contribution >= 4 is 11.7 Å². The van der Waals surface area contributed by atoms with Crippen LogP contribution in [-0.2, 0) is 4.79 Å². The van der Waals surface area contributed by atoms with Gasteiger partial charge in [-0.2, -0.15) is 0 Å². The van der Waals surface area contributed by atoms with Gasteiger partial charge in [0.05, 0.1) is 5.92 Å². The van der Waals surface area contributed by atoms with Crippen LogP contribution in [-0.4, -0.2) is 70.9 Å². The first-order valence-electron chi connectivity index (χ1n) is 10.0. The number of unbranched alkanes of at least 4 members (excludes halogenated alkanes) is 1. The van der Waals surface area contributed by atoms with Crippen LogP contribution in [0.3, 0.4) is 0 Å². The van der Waals surface area contributed by atoms with Crippen LogP contribution >= 0.6 is 0 Å². The number of anilines is 1. The highest BCUT2D eigenvalue weighted by atomic mass is 16.1. The Bertz CT molecular complexity index is 626. The summed E-state index contributed by atoms with van der Waals surface area (Å²) in [5.74, 6) is 1.47. The maximum absolute atomic E-state index is 12.0. The van der Waals surface area contributed by atoms with Crippen molar-refractivity contribution in [1.82, 2.24) is 19.8 Å². The Hall–Kier alpha value is -1.95. The molecule has 2 unspecified atom stereocenters. The number of carbonyl (C=O) groups is 1. The first kappa shape index (κ1) is 17.5. The molecule has 2 aliphatic heterocycles. The van der Waals surface area contributed by atoms with E-state index < -0.39 is 0 Å². The number of rotatable bonds is 6. The van der Waals surface area contributed by atoms with Crippen LogP contribution in [0.4, 0.5) is 5.95 Å². The molecule has 0 amide bonds. The lowest BCUT2D eigenvalue weighted by Gasteiger charge is -2.35. The third-order valence-corrected chi connectivity index (χ3v) is 5.97. The molecule has 3 heterocycles. The monoisotopic (exact) mass is 355 g/mol. The fourth-order valence-electron chi connectivity index (χ4n) is 4.46. The minimum absolute atomic E-state index is 0.178. The molecule has 2 atom stereocenters. The van der Waals surface area contributed by atoms with Crippen molar-refractivity contribution in [3.05, 3.63) is 30.7 Å². The van der Waals surface area contributed by atoms with Crippen LogP contribution in [0.15, 0.2) is 30.7 Å². The van der Waals surface area contributed by atoms with Crippen molar-refractivity contribution in [2.45, 2.75) is 38.1 Å². The SMILES string of the molecule is O=C1CCCC2C1C=CN2CCCCN1CCN(c2ncccn2)CC1. The van der Waals surface area contributed by atoms with Crippen LogP contribution in [0, 0.1) is 5.92 Å². The zero-order valence-corrected chi connectivity index (χ0v) is 15.5. The molecule has 0 radical (unpaired) electrons. The first-order valence-corrected chi connectivity index (χ1v) is 10.0. The van der Waals surface area contributed by atoms with Gasteiger partial charge in [-0.25, -0.2) is 9.97 Å². The standard InChI is InChI=1S/C20H29N5O/c26-19-6-3-5-18-17(19)7-12-24(18)11-2-1-10-23-13-15-25(16-14-23)20-21-8-4-9-22-20/h4,7-9,12,17-18H,1-3,5-6,10-11,13-16H2. The van der Waals surface area contributed by atoms with E-state index in [-0.39, 0.29) is 5.92 Å². The molecule has 26 heavy (non-hydrogen) atoms. The number of piperazine rings is 1. The number of fused-ring (bicyclic) bond motifs is 1. The highest BCUT2D eigenvalue weighted by molar-refractivity contribution is 5.84. The third kappa shape index (κ3) is 3.90. The van der Waals surface area contributed by atoms with Crippen molar-refractivity contribution in [3.8, 4) is 0 Å². The number of aromatic nitrogens is 2. The van der Waals surface area contributed by atoms with Crippen LogP contribution < -0.4 is 4.90 Å². The Morgan fingerprint density at radius 3 is 2.62 bits per heavy atom. The van der Waals surface area contributed by atoms with E-state index in [1.165, 1.54) is 19.3 Å². The van der Waals surface area contributed by atoms with Crippen molar-refractivity contribution in [2.75, 3.05) is 44.2 Å². The molecule has 0 aromatic carbocycles. The predicted octanol–water partition coefficient (Wildman–Crippen LogP) is 1.95. The summed E-state index contributed by atoms with van der Waals surface area (Å²) in [7, 11) is 0. The van der Waals surface area contributed by atoms with Gasteiger partial charge < -0.3 is 9.80 Å². The zero-order valence-electron chi connectivity index (χ0n) is 15.5. The summed E-state index contributed by atoms with van der Waals surface area (Å²) in [6.07, 6.45) is 13.4. The number of hydrogen-bond acceptors (Lipinski definition) is 6. The van der Waals surface area contributed by atoms with E-state index in [0.29, 0.717) is 11.8 Å². The van der Waals surface area contributed by atoms with Gasteiger partial charge in [-0.3, -0.25) is 9.69 Å². The van der Waals surface area contributed by atoms with Crippen LogP contribution in [0.25, 0.3) is 0 Å². The van der Waals surface area contributed by atoms with Gasteiger partial charge in [0, 0.05) is 57.6 Å². The molecule has 0 spiro atoms. The second-order valence-corrected chi connectivity index (χ2v) is 7.62. The molecule has 1 aromatic rings. The lowest BCUT2D eigenvalue weighted by Crippen LogP contribution is -2.47. The van der Waals surface area contributed by atoms with E-state index >= 15 is 0 Å². The quantitative estimate of drug-likeness (QED) is 0.727. The Balaban J connectivity index is 1.14. The van der Waals surface area contributed by atoms with E-state index in [1.807, 2.05) is 18.5 Å². The molecule has 6 heteroatoms. The van der Waals surface area contributed by atoms with E-state index in [1.54, 1.807) is 0 Å². The molecule has 6 nitrogen and oxygen atoms in total. The fourth-order valence-corrected chi connectivity index (χ4v) is 4.46. The van der Waals surface area contributed by atoms with Gasteiger partial charge in [-0.15, -0.1) is 0 Å². The molecule has 1 aromatic heterocycles. The van der Waals surface area contributed by atoms with Crippen molar-refractivity contribution < 1.29 is 4.79 Å².